The van der Waals surface area contributed by atoms with Gasteiger partial charge < -0.3 is 21.3 Å². The van der Waals surface area contributed by atoms with Gasteiger partial charge in [-0.2, -0.15) is 0 Å². The number of allylic oxidation sites excluding steroid dienone is 4. The van der Waals surface area contributed by atoms with Crippen molar-refractivity contribution in [2.75, 3.05) is 0 Å². The van der Waals surface area contributed by atoms with Gasteiger partial charge in [0.15, 0.2) is 0 Å². The fourth-order valence-electron chi connectivity index (χ4n) is 1.32. The van der Waals surface area contributed by atoms with Gasteiger partial charge in [-0.05, 0) is 38.8 Å². The van der Waals surface area contributed by atoms with Crippen LogP contribution >= 0.6 is 12.2 Å². The van der Waals surface area contributed by atoms with Gasteiger partial charge in [0.1, 0.15) is 17.4 Å². The lowest BCUT2D eigenvalue weighted by Gasteiger charge is -2.13. The number of carboxylic acids is 1. The van der Waals surface area contributed by atoms with Gasteiger partial charge in [0.2, 0.25) is 0 Å². The molecule has 0 rings (SSSR count). The highest BCUT2D eigenvalue weighted by Gasteiger charge is 2.21. The highest BCUT2D eigenvalue weighted by atomic mass is 32.1. The molecule has 0 saturated heterocycles. The summed E-state index contributed by atoms with van der Waals surface area (Å²) in [5.41, 5.74) is 10.8. The Hall–Kier alpha value is -1.99. The van der Waals surface area contributed by atoms with E-state index in [0.717, 1.165) is 0 Å². The number of rotatable bonds is 8. The number of aliphatic carboxylic acids is 1. The van der Waals surface area contributed by atoms with Gasteiger partial charge in [0.05, 0.1) is 4.99 Å². The number of nitrogens with two attached hydrogens (primary N) is 2. The number of carboxylic acid groups (broad SMARTS) is 1. The molecular formula is C14H20N2O4S. The summed E-state index contributed by atoms with van der Waals surface area (Å²) in [6.07, 6.45) is 6.48. The van der Waals surface area contributed by atoms with Crippen LogP contribution in [0.2, 0.25) is 0 Å². The standard InChI is InChI=1S/C14H20N2O4S/c1-3-5-6-9(13(17)18)11(4-2)20-14(19)10(15)7-8-12(16)21/h3-6,10H,7-8,15H2,1-2H3,(H2,16,21)(H,17,18)/b5-3-,9-6+,11-4+. The van der Waals surface area contributed by atoms with Gasteiger partial charge in [-0.15, -0.1) is 0 Å². The second kappa shape index (κ2) is 9.84. The summed E-state index contributed by atoms with van der Waals surface area (Å²) >= 11 is 4.70. The SMILES string of the molecule is C\C=C/C=C(C(=O)O)\C(=C/C)OC(=O)C(N)CCC(N)=S. The van der Waals surface area contributed by atoms with E-state index in [2.05, 4.69) is 0 Å². The lowest BCUT2D eigenvalue weighted by molar-refractivity contribution is -0.141. The van der Waals surface area contributed by atoms with Crippen LogP contribution in [0.4, 0.5) is 0 Å². The lowest BCUT2D eigenvalue weighted by atomic mass is 10.1. The van der Waals surface area contributed by atoms with Crippen molar-refractivity contribution < 1.29 is 19.4 Å². The number of hydrogen-bond donors (Lipinski definition) is 3. The van der Waals surface area contributed by atoms with Crippen molar-refractivity contribution in [1.29, 1.82) is 0 Å². The van der Waals surface area contributed by atoms with Crippen molar-refractivity contribution in [3.8, 4) is 0 Å². The number of hydrogen-bond acceptors (Lipinski definition) is 5. The summed E-state index contributed by atoms with van der Waals surface area (Å²) in [5.74, 6) is -1.99. The summed E-state index contributed by atoms with van der Waals surface area (Å²) in [5, 5.41) is 9.13. The maximum atomic E-state index is 11.8. The fourth-order valence-corrected chi connectivity index (χ4v) is 1.44. The summed E-state index contributed by atoms with van der Waals surface area (Å²) in [4.78, 5) is 23.2. The van der Waals surface area contributed by atoms with Crippen molar-refractivity contribution >= 4 is 29.1 Å². The van der Waals surface area contributed by atoms with Crippen LogP contribution in [0.3, 0.4) is 0 Å². The third-order valence-electron chi connectivity index (χ3n) is 2.43. The smallest absolute Gasteiger partial charge is 0.339 e. The van der Waals surface area contributed by atoms with Crippen LogP contribution < -0.4 is 11.5 Å². The molecule has 1 unspecified atom stereocenters. The molecule has 0 aromatic rings. The molecule has 0 amide bonds. The molecule has 0 aliphatic carbocycles. The topological polar surface area (TPSA) is 116 Å². The first kappa shape index (κ1) is 19.0. The minimum absolute atomic E-state index is 0.0589. The maximum Gasteiger partial charge on any atom is 0.339 e. The molecule has 6 nitrogen and oxygen atoms in total. The third-order valence-corrected chi connectivity index (χ3v) is 2.63. The Kier molecular flexibility index (Phi) is 8.91. The van der Waals surface area contributed by atoms with E-state index in [1.165, 1.54) is 18.2 Å². The van der Waals surface area contributed by atoms with Gasteiger partial charge in [-0.3, -0.25) is 0 Å². The van der Waals surface area contributed by atoms with E-state index in [9.17, 15) is 9.59 Å². The molecular weight excluding hydrogens is 292 g/mol. The Morgan fingerprint density at radius 3 is 2.43 bits per heavy atom. The summed E-state index contributed by atoms with van der Waals surface area (Å²) in [6, 6.07) is -0.918. The summed E-state index contributed by atoms with van der Waals surface area (Å²) in [6.45, 7) is 3.30. The molecule has 0 aromatic heterocycles. The molecule has 5 N–H and O–H groups in total. The zero-order chi connectivity index (χ0) is 16.4. The van der Waals surface area contributed by atoms with Crippen LogP contribution in [0.5, 0.6) is 0 Å². The zero-order valence-electron chi connectivity index (χ0n) is 12.0. The van der Waals surface area contributed by atoms with Crippen molar-refractivity contribution in [2.45, 2.75) is 32.7 Å². The number of ether oxygens (including phenoxy) is 1. The second-order valence-corrected chi connectivity index (χ2v) is 4.62. The Balaban J connectivity index is 4.94. The first-order valence-corrected chi connectivity index (χ1v) is 6.72. The molecule has 116 valence electrons. The Morgan fingerprint density at radius 1 is 1.38 bits per heavy atom. The molecule has 21 heavy (non-hydrogen) atoms. The molecule has 0 heterocycles. The minimum atomic E-state index is -1.20. The Labute approximate surface area is 129 Å². The van der Waals surface area contributed by atoms with E-state index in [-0.39, 0.29) is 22.7 Å². The van der Waals surface area contributed by atoms with Gasteiger partial charge in [0.25, 0.3) is 0 Å². The van der Waals surface area contributed by atoms with Crippen LogP contribution in [0.15, 0.2) is 35.6 Å². The molecule has 0 aliphatic heterocycles. The first-order chi connectivity index (χ1) is 9.83. The molecule has 0 bridgehead atoms. The van der Waals surface area contributed by atoms with Crippen LogP contribution in [-0.4, -0.2) is 28.1 Å². The molecule has 0 aromatic carbocycles. The molecule has 0 fully saturated rings. The minimum Gasteiger partial charge on any atom is -0.478 e. The van der Waals surface area contributed by atoms with E-state index < -0.39 is 18.0 Å². The van der Waals surface area contributed by atoms with Gasteiger partial charge in [-0.1, -0.05) is 24.4 Å². The fraction of sp³-hybridized carbons (Fsp3) is 0.357. The zero-order valence-corrected chi connectivity index (χ0v) is 12.9. The maximum absolute atomic E-state index is 11.8. The first-order valence-electron chi connectivity index (χ1n) is 6.32. The average molecular weight is 312 g/mol. The van der Waals surface area contributed by atoms with Crippen molar-refractivity contribution in [2.24, 2.45) is 11.5 Å². The highest BCUT2D eigenvalue weighted by molar-refractivity contribution is 7.80. The molecule has 0 spiro atoms. The largest absolute Gasteiger partial charge is 0.478 e. The predicted molar refractivity (Wildman–Crippen MR) is 84.4 cm³/mol. The third kappa shape index (κ3) is 7.38. The highest BCUT2D eigenvalue weighted by Crippen LogP contribution is 2.14. The number of carbonyl (C=O) groups excluding carboxylic acids is 1. The van der Waals surface area contributed by atoms with Crippen molar-refractivity contribution in [1.82, 2.24) is 0 Å². The monoisotopic (exact) mass is 312 g/mol. The van der Waals surface area contributed by atoms with Crippen molar-refractivity contribution in [3.05, 3.63) is 35.6 Å². The van der Waals surface area contributed by atoms with E-state index in [4.69, 9.17) is 33.5 Å². The number of thiocarbonyl (C=S) groups is 1. The summed E-state index contributed by atoms with van der Waals surface area (Å²) < 4.78 is 5.04. The van der Waals surface area contributed by atoms with Crippen LogP contribution in [-0.2, 0) is 14.3 Å². The van der Waals surface area contributed by atoms with Crippen LogP contribution in [0.25, 0.3) is 0 Å². The quantitative estimate of drug-likeness (QED) is 0.204. The van der Waals surface area contributed by atoms with Crippen LogP contribution in [0.1, 0.15) is 26.7 Å². The summed E-state index contributed by atoms with van der Waals surface area (Å²) in [7, 11) is 0. The van der Waals surface area contributed by atoms with Gasteiger partial charge in [-0.25, -0.2) is 9.59 Å². The molecule has 0 radical (unpaired) electrons. The van der Waals surface area contributed by atoms with Gasteiger partial charge in [0, 0.05) is 0 Å². The molecule has 1 atom stereocenters. The second-order valence-electron chi connectivity index (χ2n) is 4.10. The molecule has 0 aliphatic rings. The van der Waals surface area contributed by atoms with Crippen molar-refractivity contribution in [3.63, 3.8) is 0 Å². The normalized spacial score (nSPS) is 14.0. The molecule has 7 heteroatoms. The lowest BCUT2D eigenvalue weighted by Crippen LogP contribution is -2.33. The Morgan fingerprint density at radius 2 is 2.00 bits per heavy atom. The van der Waals surface area contributed by atoms with E-state index in [0.29, 0.717) is 6.42 Å². The van der Waals surface area contributed by atoms with E-state index in [1.807, 2.05) is 0 Å². The van der Waals surface area contributed by atoms with Crippen LogP contribution in [0, 0.1) is 0 Å². The Bertz CT molecular complexity index is 495. The van der Waals surface area contributed by atoms with E-state index >= 15 is 0 Å². The van der Waals surface area contributed by atoms with E-state index in [1.54, 1.807) is 19.9 Å². The number of carbonyl (C=O) groups is 2. The predicted octanol–water partition coefficient (Wildman–Crippen LogP) is 1.41. The molecule has 0 saturated carbocycles. The van der Waals surface area contributed by atoms with Gasteiger partial charge >= 0.3 is 11.9 Å². The average Bonchev–Trinajstić information content (AvgIpc) is 2.42. The number of esters is 1.